The van der Waals surface area contributed by atoms with Gasteiger partial charge in [-0.05, 0) is 60.8 Å². The SMILES string of the molecule is C[C@H](NC(=O)c1cnc2c(c1)c1ccccc1c(=O)n2-c1ccc(C(F)(F)F)cc1)c1cccc(N)n1. The van der Waals surface area contributed by atoms with Crippen LogP contribution < -0.4 is 16.6 Å². The summed E-state index contributed by atoms with van der Waals surface area (Å²) in [5.74, 6) is -0.0823. The number of alkyl halides is 3. The summed E-state index contributed by atoms with van der Waals surface area (Å²) in [4.78, 5) is 35.1. The standard InChI is InChI=1S/C27H20F3N5O2/c1-15(22-7-4-8-23(31)34-22)33-25(36)16-13-21-19-5-2-3-6-20(19)26(37)35(24(21)32-14-16)18-11-9-17(10-12-18)27(28,29)30/h2-15H,1H3,(H2,31,34)(H,33,36)/t15-/m0/s1. The van der Waals surface area contributed by atoms with Crippen LogP contribution in [0.15, 0.2) is 83.8 Å². The Morgan fingerprint density at radius 2 is 1.68 bits per heavy atom. The lowest BCUT2D eigenvalue weighted by Gasteiger charge is -2.16. The second-order valence-corrected chi connectivity index (χ2v) is 8.51. The first-order valence-corrected chi connectivity index (χ1v) is 11.3. The highest BCUT2D eigenvalue weighted by Crippen LogP contribution is 2.30. The van der Waals surface area contributed by atoms with Gasteiger partial charge in [-0.15, -0.1) is 0 Å². The molecule has 186 valence electrons. The number of nitrogen functional groups attached to an aromatic ring is 1. The number of hydrogen-bond acceptors (Lipinski definition) is 5. The zero-order valence-electron chi connectivity index (χ0n) is 19.5. The number of halogens is 3. The van der Waals surface area contributed by atoms with Gasteiger partial charge in [0.1, 0.15) is 11.5 Å². The molecule has 0 aliphatic rings. The number of pyridine rings is 3. The largest absolute Gasteiger partial charge is 0.416 e. The Balaban J connectivity index is 1.62. The quantitative estimate of drug-likeness (QED) is 0.335. The molecule has 10 heteroatoms. The zero-order chi connectivity index (χ0) is 26.3. The fourth-order valence-electron chi connectivity index (χ4n) is 4.18. The minimum atomic E-state index is -4.51. The predicted octanol–water partition coefficient (Wildman–Crippen LogP) is 5.03. The average Bonchev–Trinajstić information content (AvgIpc) is 2.88. The van der Waals surface area contributed by atoms with E-state index in [1.54, 1.807) is 55.5 Å². The summed E-state index contributed by atoms with van der Waals surface area (Å²) in [5, 5.41) is 4.26. The maximum absolute atomic E-state index is 13.4. The molecular formula is C27H20F3N5O2. The first-order valence-electron chi connectivity index (χ1n) is 11.3. The molecule has 0 aliphatic carbocycles. The number of carbonyl (C=O) groups is 1. The number of nitrogens with two attached hydrogens (primary N) is 1. The average molecular weight is 503 g/mol. The minimum Gasteiger partial charge on any atom is -0.384 e. The lowest BCUT2D eigenvalue weighted by atomic mass is 10.1. The number of benzene rings is 2. The van der Waals surface area contributed by atoms with Crippen molar-refractivity contribution in [3.05, 3.63) is 106 Å². The number of amides is 1. The van der Waals surface area contributed by atoms with E-state index in [0.29, 0.717) is 27.7 Å². The van der Waals surface area contributed by atoms with E-state index >= 15 is 0 Å². The summed E-state index contributed by atoms with van der Waals surface area (Å²) >= 11 is 0. The normalized spacial score (nSPS) is 12.5. The van der Waals surface area contributed by atoms with E-state index in [2.05, 4.69) is 15.3 Å². The molecule has 3 aromatic heterocycles. The van der Waals surface area contributed by atoms with Crippen molar-refractivity contribution in [2.24, 2.45) is 0 Å². The van der Waals surface area contributed by atoms with Crippen LogP contribution in [-0.2, 0) is 6.18 Å². The molecule has 5 rings (SSSR count). The van der Waals surface area contributed by atoms with Crippen molar-refractivity contribution in [3.8, 4) is 5.69 Å². The topological polar surface area (TPSA) is 103 Å². The van der Waals surface area contributed by atoms with Crippen LogP contribution in [0.3, 0.4) is 0 Å². The molecule has 1 atom stereocenters. The van der Waals surface area contributed by atoms with Gasteiger partial charge in [0, 0.05) is 17.0 Å². The fraction of sp³-hybridized carbons (Fsp3) is 0.111. The van der Waals surface area contributed by atoms with Gasteiger partial charge in [0.15, 0.2) is 0 Å². The maximum Gasteiger partial charge on any atom is 0.416 e. The van der Waals surface area contributed by atoms with Gasteiger partial charge in [-0.3, -0.25) is 14.2 Å². The van der Waals surface area contributed by atoms with E-state index < -0.39 is 29.2 Å². The van der Waals surface area contributed by atoms with Gasteiger partial charge < -0.3 is 11.1 Å². The Labute approximate surface area is 208 Å². The first kappa shape index (κ1) is 24.0. The van der Waals surface area contributed by atoms with Gasteiger partial charge in [0.2, 0.25) is 0 Å². The van der Waals surface area contributed by atoms with E-state index in [9.17, 15) is 22.8 Å². The van der Waals surface area contributed by atoms with Gasteiger partial charge in [0.05, 0.1) is 28.6 Å². The van der Waals surface area contributed by atoms with E-state index in [0.717, 1.165) is 12.1 Å². The number of nitrogens with one attached hydrogen (secondary N) is 1. The van der Waals surface area contributed by atoms with Crippen molar-refractivity contribution >= 4 is 33.5 Å². The highest BCUT2D eigenvalue weighted by atomic mass is 19.4. The summed E-state index contributed by atoms with van der Waals surface area (Å²) in [6.07, 6.45) is -3.18. The molecule has 3 N–H and O–H groups in total. The van der Waals surface area contributed by atoms with Crippen LogP contribution in [0.2, 0.25) is 0 Å². The summed E-state index contributed by atoms with van der Waals surface area (Å²) in [6.45, 7) is 1.77. The molecule has 7 nitrogen and oxygen atoms in total. The molecule has 0 aliphatic heterocycles. The van der Waals surface area contributed by atoms with Crippen molar-refractivity contribution in [3.63, 3.8) is 0 Å². The van der Waals surface area contributed by atoms with E-state index in [4.69, 9.17) is 5.73 Å². The number of aromatic nitrogens is 3. The predicted molar refractivity (Wildman–Crippen MR) is 134 cm³/mol. The molecular weight excluding hydrogens is 483 g/mol. The molecule has 1 amide bonds. The van der Waals surface area contributed by atoms with E-state index in [1.807, 2.05) is 0 Å². The number of nitrogens with zero attached hydrogens (tertiary/aromatic N) is 3. The van der Waals surface area contributed by atoms with Crippen LogP contribution in [0.25, 0.3) is 27.5 Å². The molecule has 0 radical (unpaired) electrons. The van der Waals surface area contributed by atoms with Crippen LogP contribution in [-0.4, -0.2) is 20.4 Å². The molecule has 0 saturated heterocycles. The van der Waals surface area contributed by atoms with Crippen LogP contribution in [0, 0.1) is 0 Å². The second kappa shape index (κ2) is 9.05. The molecule has 0 bridgehead atoms. The molecule has 0 saturated carbocycles. The highest BCUT2D eigenvalue weighted by Gasteiger charge is 2.30. The van der Waals surface area contributed by atoms with Crippen molar-refractivity contribution < 1.29 is 18.0 Å². The number of rotatable bonds is 4. The summed E-state index contributed by atoms with van der Waals surface area (Å²) in [7, 11) is 0. The third kappa shape index (κ3) is 4.49. The number of fused-ring (bicyclic) bond motifs is 3. The summed E-state index contributed by atoms with van der Waals surface area (Å²) in [5.41, 5.74) is 5.74. The first-order chi connectivity index (χ1) is 17.6. The minimum absolute atomic E-state index is 0.213. The number of hydrogen-bond donors (Lipinski definition) is 2. The van der Waals surface area contributed by atoms with Crippen molar-refractivity contribution in [1.82, 2.24) is 19.9 Å². The lowest BCUT2D eigenvalue weighted by Crippen LogP contribution is -2.27. The van der Waals surface area contributed by atoms with Crippen molar-refractivity contribution in [1.29, 1.82) is 0 Å². The van der Waals surface area contributed by atoms with Gasteiger partial charge in [-0.1, -0.05) is 24.3 Å². The van der Waals surface area contributed by atoms with Crippen LogP contribution in [0.5, 0.6) is 0 Å². The lowest BCUT2D eigenvalue weighted by molar-refractivity contribution is -0.137. The monoisotopic (exact) mass is 503 g/mol. The molecule has 0 fully saturated rings. The zero-order valence-corrected chi connectivity index (χ0v) is 19.5. The van der Waals surface area contributed by atoms with Crippen molar-refractivity contribution in [2.75, 3.05) is 5.73 Å². The maximum atomic E-state index is 13.4. The van der Waals surface area contributed by atoms with Gasteiger partial charge in [0.25, 0.3) is 11.5 Å². The van der Waals surface area contributed by atoms with Gasteiger partial charge >= 0.3 is 6.18 Å². The van der Waals surface area contributed by atoms with Crippen LogP contribution >= 0.6 is 0 Å². The van der Waals surface area contributed by atoms with Crippen LogP contribution in [0.1, 0.15) is 34.6 Å². The molecule has 0 unspecified atom stereocenters. The molecule has 0 spiro atoms. The number of carbonyl (C=O) groups excluding carboxylic acids is 1. The van der Waals surface area contributed by atoms with E-state index in [-0.39, 0.29) is 16.9 Å². The summed E-state index contributed by atoms with van der Waals surface area (Å²) in [6, 6.07) is 17.4. The molecule has 2 aromatic carbocycles. The van der Waals surface area contributed by atoms with Gasteiger partial charge in [-0.2, -0.15) is 13.2 Å². The Morgan fingerprint density at radius 1 is 0.973 bits per heavy atom. The Bertz CT molecular complexity index is 1710. The van der Waals surface area contributed by atoms with Crippen molar-refractivity contribution in [2.45, 2.75) is 19.1 Å². The molecule has 5 aromatic rings. The third-order valence-corrected chi connectivity index (χ3v) is 6.03. The fourth-order valence-corrected chi connectivity index (χ4v) is 4.18. The Kier molecular flexibility index (Phi) is 5.87. The highest BCUT2D eigenvalue weighted by molar-refractivity contribution is 6.07. The number of anilines is 1. The molecule has 3 heterocycles. The third-order valence-electron chi connectivity index (χ3n) is 6.03. The Morgan fingerprint density at radius 3 is 2.35 bits per heavy atom. The summed E-state index contributed by atoms with van der Waals surface area (Å²) < 4.78 is 40.5. The molecule has 37 heavy (non-hydrogen) atoms. The van der Waals surface area contributed by atoms with Crippen LogP contribution in [0.4, 0.5) is 19.0 Å². The smallest absolute Gasteiger partial charge is 0.384 e. The van der Waals surface area contributed by atoms with E-state index in [1.165, 1.54) is 22.9 Å². The van der Waals surface area contributed by atoms with Gasteiger partial charge in [-0.25, -0.2) is 9.97 Å². The Hall–Kier alpha value is -4.73. The second-order valence-electron chi connectivity index (χ2n) is 8.51.